The zero-order valence-corrected chi connectivity index (χ0v) is 13.8. The molecule has 4 heteroatoms. The first kappa shape index (κ1) is 16.7. The quantitative estimate of drug-likeness (QED) is 0.625. The van der Waals surface area contributed by atoms with Crippen molar-refractivity contribution in [2.45, 2.75) is 58.6 Å². The lowest BCUT2D eigenvalue weighted by atomic mass is 9.98. The van der Waals surface area contributed by atoms with Crippen molar-refractivity contribution in [2.75, 3.05) is 6.54 Å². The second-order valence-electron chi connectivity index (χ2n) is 6.50. The van der Waals surface area contributed by atoms with Gasteiger partial charge in [-0.3, -0.25) is 0 Å². The summed E-state index contributed by atoms with van der Waals surface area (Å²) in [6.07, 6.45) is 6.64. The summed E-state index contributed by atoms with van der Waals surface area (Å²) >= 11 is 0. The number of hydrogen-bond donors (Lipinski definition) is 2. The van der Waals surface area contributed by atoms with E-state index >= 15 is 0 Å². The molecule has 0 saturated heterocycles. The van der Waals surface area contributed by atoms with Crippen LogP contribution in [0.3, 0.4) is 0 Å². The van der Waals surface area contributed by atoms with E-state index in [2.05, 4.69) is 36.3 Å². The summed E-state index contributed by atoms with van der Waals surface area (Å²) in [6.45, 7) is 5.72. The first-order chi connectivity index (χ1) is 10.6. The number of aliphatic imine (C=N–C) groups is 1. The van der Waals surface area contributed by atoms with Gasteiger partial charge in [-0.15, -0.1) is 0 Å². The van der Waals surface area contributed by atoms with E-state index in [0.717, 1.165) is 17.9 Å². The third-order valence-corrected chi connectivity index (χ3v) is 3.88. The molecule has 0 unspecified atom stereocenters. The van der Waals surface area contributed by atoms with E-state index in [4.69, 9.17) is 10.5 Å². The summed E-state index contributed by atoms with van der Waals surface area (Å²) < 4.78 is 6.09. The minimum Gasteiger partial charge on any atom is -0.490 e. The van der Waals surface area contributed by atoms with E-state index in [1.165, 1.54) is 32.1 Å². The smallest absolute Gasteiger partial charge is 0.188 e. The Labute approximate surface area is 134 Å². The maximum absolute atomic E-state index is 6.09. The van der Waals surface area contributed by atoms with Gasteiger partial charge in [0, 0.05) is 6.54 Å². The Kier molecular flexibility index (Phi) is 6.56. The average Bonchev–Trinajstić information content (AvgIpc) is 2.52. The molecule has 0 atom stereocenters. The van der Waals surface area contributed by atoms with Gasteiger partial charge in [0.15, 0.2) is 5.96 Å². The minimum atomic E-state index is 0.380. The van der Waals surface area contributed by atoms with E-state index in [-0.39, 0.29) is 0 Å². The predicted molar refractivity (Wildman–Crippen MR) is 92.1 cm³/mol. The fourth-order valence-electron chi connectivity index (χ4n) is 2.63. The first-order valence-corrected chi connectivity index (χ1v) is 8.43. The molecule has 122 valence electrons. The third-order valence-electron chi connectivity index (χ3n) is 3.88. The standard InChI is InChI=1S/C18H29N3O/c1-14(2)12-20-18(19)21-13-15-7-6-10-17(11-15)22-16-8-4-3-5-9-16/h6-7,10-11,14,16H,3-5,8-9,12-13H2,1-2H3,(H3,19,20,21). The number of rotatable bonds is 6. The van der Waals surface area contributed by atoms with Crippen molar-refractivity contribution >= 4 is 5.96 Å². The van der Waals surface area contributed by atoms with Crippen LogP contribution in [0.4, 0.5) is 0 Å². The van der Waals surface area contributed by atoms with Gasteiger partial charge in [0.1, 0.15) is 5.75 Å². The lowest BCUT2D eigenvalue weighted by Gasteiger charge is -2.23. The molecule has 3 N–H and O–H groups in total. The highest BCUT2D eigenvalue weighted by atomic mass is 16.5. The number of nitrogens with two attached hydrogens (primary N) is 1. The summed E-state index contributed by atoms with van der Waals surface area (Å²) in [5, 5.41) is 3.13. The van der Waals surface area contributed by atoms with Gasteiger partial charge in [-0.2, -0.15) is 0 Å². The maximum atomic E-state index is 6.09. The van der Waals surface area contributed by atoms with Crippen LogP contribution in [0.5, 0.6) is 5.75 Å². The van der Waals surface area contributed by atoms with E-state index in [1.54, 1.807) is 0 Å². The van der Waals surface area contributed by atoms with Crippen LogP contribution < -0.4 is 15.8 Å². The van der Waals surface area contributed by atoms with E-state index in [1.807, 2.05) is 12.1 Å². The highest BCUT2D eigenvalue weighted by molar-refractivity contribution is 5.77. The fourth-order valence-corrected chi connectivity index (χ4v) is 2.63. The lowest BCUT2D eigenvalue weighted by molar-refractivity contribution is 0.155. The van der Waals surface area contributed by atoms with Crippen LogP contribution in [-0.2, 0) is 6.54 Å². The fraction of sp³-hybridized carbons (Fsp3) is 0.611. The molecule has 0 aromatic heterocycles. The van der Waals surface area contributed by atoms with Gasteiger partial charge in [-0.1, -0.05) is 32.4 Å². The van der Waals surface area contributed by atoms with Crippen LogP contribution >= 0.6 is 0 Å². The number of ether oxygens (including phenoxy) is 1. The molecule has 4 nitrogen and oxygen atoms in total. The molecular weight excluding hydrogens is 274 g/mol. The van der Waals surface area contributed by atoms with Crippen molar-refractivity contribution in [3.8, 4) is 5.75 Å². The van der Waals surface area contributed by atoms with Crippen LogP contribution in [0.2, 0.25) is 0 Å². The molecule has 0 heterocycles. The summed E-state index contributed by atoms with van der Waals surface area (Å²) in [4.78, 5) is 4.38. The molecule has 2 rings (SSSR count). The SMILES string of the molecule is CC(C)CNC(N)=NCc1cccc(OC2CCCCC2)c1. The van der Waals surface area contributed by atoms with Crippen LogP contribution in [0.1, 0.15) is 51.5 Å². The largest absolute Gasteiger partial charge is 0.490 e. The van der Waals surface area contributed by atoms with E-state index < -0.39 is 0 Å². The van der Waals surface area contributed by atoms with Gasteiger partial charge in [-0.05, 0) is 49.3 Å². The second-order valence-corrected chi connectivity index (χ2v) is 6.50. The molecule has 1 fully saturated rings. The Balaban J connectivity index is 1.86. The Bertz CT molecular complexity index is 479. The summed E-state index contributed by atoms with van der Waals surface area (Å²) in [6, 6.07) is 8.20. The van der Waals surface area contributed by atoms with Crippen molar-refractivity contribution in [1.82, 2.24) is 5.32 Å². The number of nitrogens with one attached hydrogen (secondary N) is 1. The van der Waals surface area contributed by atoms with Crippen molar-refractivity contribution in [3.05, 3.63) is 29.8 Å². The second kappa shape index (κ2) is 8.66. The topological polar surface area (TPSA) is 59.6 Å². The number of benzene rings is 1. The zero-order chi connectivity index (χ0) is 15.8. The molecule has 0 bridgehead atoms. The van der Waals surface area contributed by atoms with Crippen LogP contribution in [0, 0.1) is 5.92 Å². The van der Waals surface area contributed by atoms with Gasteiger partial charge in [0.05, 0.1) is 12.6 Å². The molecule has 22 heavy (non-hydrogen) atoms. The minimum absolute atomic E-state index is 0.380. The van der Waals surface area contributed by atoms with E-state index in [0.29, 0.717) is 24.5 Å². The van der Waals surface area contributed by atoms with Gasteiger partial charge in [0.25, 0.3) is 0 Å². The number of guanidine groups is 1. The molecule has 0 radical (unpaired) electrons. The Morgan fingerprint density at radius 1 is 1.32 bits per heavy atom. The molecule has 1 aromatic rings. The average molecular weight is 303 g/mol. The normalized spacial score (nSPS) is 16.8. The van der Waals surface area contributed by atoms with Crippen molar-refractivity contribution < 1.29 is 4.74 Å². The first-order valence-electron chi connectivity index (χ1n) is 8.43. The Hall–Kier alpha value is -1.71. The van der Waals surface area contributed by atoms with Crippen molar-refractivity contribution in [1.29, 1.82) is 0 Å². The predicted octanol–water partition coefficient (Wildman–Crippen LogP) is 3.46. The maximum Gasteiger partial charge on any atom is 0.188 e. The Morgan fingerprint density at radius 2 is 2.09 bits per heavy atom. The van der Waals surface area contributed by atoms with E-state index in [9.17, 15) is 0 Å². The lowest BCUT2D eigenvalue weighted by Crippen LogP contribution is -2.34. The van der Waals surface area contributed by atoms with Crippen LogP contribution in [0.25, 0.3) is 0 Å². The van der Waals surface area contributed by atoms with Crippen molar-refractivity contribution in [3.63, 3.8) is 0 Å². The summed E-state index contributed by atoms with van der Waals surface area (Å²) in [7, 11) is 0. The van der Waals surface area contributed by atoms with Crippen molar-refractivity contribution in [2.24, 2.45) is 16.6 Å². The third kappa shape index (κ3) is 5.96. The summed E-state index contributed by atoms with van der Waals surface area (Å²) in [5.74, 6) is 2.02. The highest BCUT2D eigenvalue weighted by Gasteiger charge is 2.14. The molecule has 1 aliphatic carbocycles. The zero-order valence-electron chi connectivity index (χ0n) is 13.8. The molecule has 0 spiro atoms. The Morgan fingerprint density at radius 3 is 2.82 bits per heavy atom. The highest BCUT2D eigenvalue weighted by Crippen LogP contribution is 2.24. The number of nitrogens with zero attached hydrogens (tertiary/aromatic N) is 1. The van der Waals surface area contributed by atoms with Gasteiger partial charge in [-0.25, -0.2) is 4.99 Å². The van der Waals surface area contributed by atoms with Crippen LogP contribution in [-0.4, -0.2) is 18.6 Å². The molecule has 1 aromatic carbocycles. The van der Waals surface area contributed by atoms with Gasteiger partial charge >= 0.3 is 0 Å². The number of hydrogen-bond acceptors (Lipinski definition) is 2. The monoisotopic (exact) mass is 303 g/mol. The molecular formula is C18H29N3O. The molecule has 0 aliphatic heterocycles. The van der Waals surface area contributed by atoms with Crippen LogP contribution in [0.15, 0.2) is 29.3 Å². The summed E-state index contributed by atoms with van der Waals surface area (Å²) in [5.41, 5.74) is 6.99. The molecule has 1 aliphatic rings. The van der Waals surface area contributed by atoms with Gasteiger partial charge in [0.2, 0.25) is 0 Å². The van der Waals surface area contributed by atoms with Gasteiger partial charge < -0.3 is 15.8 Å². The molecule has 1 saturated carbocycles. The molecule has 0 amide bonds.